The molecule has 108 valence electrons. The molecule has 0 aliphatic rings. The summed E-state index contributed by atoms with van der Waals surface area (Å²) >= 11 is 0. The van der Waals surface area contributed by atoms with Gasteiger partial charge in [-0.05, 0) is 49.1 Å². The predicted octanol–water partition coefficient (Wildman–Crippen LogP) is 3.68. The summed E-state index contributed by atoms with van der Waals surface area (Å²) in [6.45, 7) is 5.37. The Labute approximate surface area is 122 Å². The summed E-state index contributed by atoms with van der Waals surface area (Å²) in [6, 6.07) is 8.47. The molecule has 0 amide bonds. The Morgan fingerprint density at radius 1 is 0.857 bits per heavy atom. The quantitative estimate of drug-likeness (QED) is 0.901. The van der Waals surface area contributed by atoms with Crippen molar-refractivity contribution in [3.63, 3.8) is 0 Å². The zero-order chi connectivity index (χ0) is 15.7. The molecule has 0 heterocycles. The maximum Gasteiger partial charge on any atom is 0.336 e. The number of carboxylic acid groups (broad SMARTS) is 2. The van der Waals surface area contributed by atoms with Gasteiger partial charge in [-0.1, -0.05) is 29.8 Å². The van der Waals surface area contributed by atoms with Crippen LogP contribution >= 0.6 is 0 Å². The van der Waals surface area contributed by atoms with Crippen LogP contribution in [-0.4, -0.2) is 22.2 Å². The predicted molar refractivity (Wildman–Crippen MR) is 80.0 cm³/mol. The van der Waals surface area contributed by atoms with Crippen molar-refractivity contribution in [1.82, 2.24) is 0 Å². The Hall–Kier alpha value is -2.62. The molecule has 2 aromatic rings. The molecule has 2 N–H and O–H groups in total. The molecule has 4 heteroatoms. The number of aromatic carboxylic acids is 2. The van der Waals surface area contributed by atoms with E-state index in [-0.39, 0.29) is 11.1 Å². The van der Waals surface area contributed by atoms with E-state index in [2.05, 4.69) is 0 Å². The first-order valence-electron chi connectivity index (χ1n) is 6.50. The van der Waals surface area contributed by atoms with E-state index in [1.165, 1.54) is 0 Å². The Kier molecular flexibility index (Phi) is 3.80. The van der Waals surface area contributed by atoms with Crippen molar-refractivity contribution in [3.05, 3.63) is 58.1 Å². The lowest BCUT2D eigenvalue weighted by atomic mass is 9.90. The SMILES string of the molecule is Cc1ccc(-c2ccc(C)c(C)c2C(=O)O)c(C(=O)O)c1. The second kappa shape index (κ2) is 5.40. The van der Waals surface area contributed by atoms with Crippen LogP contribution in [-0.2, 0) is 0 Å². The summed E-state index contributed by atoms with van der Waals surface area (Å²) in [5.41, 5.74) is 3.45. The van der Waals surface area contributed by atoms with Crippen LogP contribution in [0.25, 0.3) is 11.1 Å². The van der Waals surface area contributed by atoms with E-state index < -0.39 is 11.9 Å². The van der Waals surface area contributed by atoms with Gasteiger partial charge in [0.25, 0.3) is 0 Å². The third-order valence-electron chi connectivity index (χ3n) is 3.65. The second-order valence-corrected chi connectivity index (χ2v) is 5.09. The number of rotatable bonds is 3. The van der Waals surface area contributed by atoms with Crippen LogP contribution in [0.4, 0.5) is 0 Å². The summed E-state index contributed by atoms with van der Waals surface area (Å²) in [7, 11) is 0. The molecule has 0 aromatic heterocycles. The van der Waals surface area contributed by atoms with Crippen molar-refractivity contribution in [2.75, 3.05) is 0 Å². The van der Waals surface area contributed by atoms with Gasteiger partial charge in [-0.3, -0.25) is 0 Å². The van der Waals surface area contributed by atoms with E-state index in [0.29, 0.717) is 16.7 Å². The highest BCUT2D eigenvalue weighted by Crippen LogP contribution is 2.31. The summed E-state index contributed by atoms with van der Waals surface area (Å²) in [4.78, 5) is 23.0. The van der Waals surface area contributed by atoms with Gasteiger partial charge in [-0.15, -0.1) is 0 Å². The fourth-order valence-electron chi connectivity index (χ4n) is 2.39. The maximum absolute atomic E-state index is 11.6. The fourth-order valence-corrected chi connectivity index (χ4v) is 2.39. The summed E-state index contributed by atoms with van der Waals surface area (Å²) in [5, 5.41) is 18.8. The molecule has 0 radical (unpaired) electrons. The first kappa shape index (κ1) is 14.8. The maximum atomic E-state index is 11.6. The largest absolute Gasteiger partial charge is 0.478 e. The molecule has 0 spiro atoms. The molecular weight excluding hydrogens is 268 g/mol. The second-order valence-electron chi connectivity index (χ2n) is 5.09. The lowest BCUT2D eigenvalue weighted by molar-refractivity contribution is 0.0684. The number of benzene rings is 2. The Bertz CT molecular complexity index is 745. The third kappa shape index (κ3) is 2.65. The first-order chi connectivity index (χ1) is 9.82. The monoisotopic (exact) mass is 284 g/mol. The van der Waals surface area contributed by atoms with Gasteiger partial charge in [0.05, 0.1) is 11.1 Å². The summed E-state index contributed by atoms with van der Waals surface area (Å²) in [6.07, 6.45) is 0. The molecule has 2 aromatic carbocycles. The lowest BCUT2D eigenvalue weighted by Crippen LogP contribution is -2.07. The smallest absolute Gasteiger partial charge is 0.336 e. The van der Waals surface area contributed by atoms with E-state index in [1.807, 2.05) is 13.0 Å². The molecule has 2 rings (SSSR count). The third-order valence-corrected chi connectivity index (χ3v) is 3.65. The van der Waals surface area contributed by atoms with Gasteiger partial charge in [0, 0.05) is 0 Å². The van der Waals surface area contributed by atoms with Crippen LogP contribution in [0.2, 0.25) is 0 Å². The summed E-state index contributed by atoms with van der Waals surface area (Å²) in [5.74, 6) is -2.12. The normalized spacial score (nSPS) is 10.4. The molecule has 0 fully saturated rings. The molecular formula is C17H16O4. The van der Waals surface area contributed by atoms with E-state index >= 15 is 0 Å². The van der Waals surface area contributed by atoms with Crippen molar-refractivity contribution in [2.24, 2.45) is 0 Å². The van der Waals surface area contributed by atoms with Crippen LogP contribution in [0.3, 0.4) is 0 Å². The Balaban J connectivity index is 2.82. The van der Waals surface area contributed by atoms with Crippen molar-refractivity contribution < 1.29 is 19.8 Å². The number of carbonyl (C=O) groups is 2. The zero-order valence-corrected chi connectivity index (χ0v) is 12.1. The number of hydrogen-bond acceptors (Lipinski definition) is 2. The van der Waals surface area contributed by atoms with Gasteiger partial charge in [0.2, 0.25) is 0 Å². The molecule has 4 nitrogen and oxygen atoms in total. The summed E-state index contributed by atoms with van der Waals surface area (Å²) < 4.78 is 0. The number of carboxylic acids is 2. The molecule has 21 heavy (non-hydrogen) atoms. The molecule has 0 unspecified atom stereocenters. The van der Waals surface area contributed by atoms with E-state index in [1.54, 1.807) is 38.1 Å². The fraction of sp³-hybridized carbons (Fsp3) is 0.176. The van der Waals surface area contributed by atoms with Crippen LogP contribution in [0, 0.1) is 20.8 Å². The van der Waals surface area contributed by atoms with E-state index in [4.69, 9.17) is 0 Å². The molecule has 0 aliphatic carbocycles. The number of hydrogen-bond donors (Lipinski definition) is 2. The van der Waals surface area contributed by atoms with Gasteiger partial charge in [0.1, 0.15) is 0 Å². The van der Waals surface area contributed by atoms with Crippen molar-refractivity contribution in [3.8, 4) is 11.1 Å². The van der Waals surface area contributed by atoms with Crippen LogP contribution in [0.5, 0.6) is 0 Å². The number of aryl methyl sites for hydroxylation is 2. The van der Waals surface area contributed by atoms with Crippen molar-refractivity contribution >= 4 is 11.9 Å². The van der Waals surface area contributed by atoms with Crippen molar-refractivity contribution in [1.29, 1.82) is 0 Å². The molecule has 0 atom stereocenters. The topological polar surface area (TPSA) is 74.6 Å². The minimum Gasteiger partial charge on any atom is -0.478 e. The van der Waals surface area contributed by atoms with Gasteiger partial charge >= 0.3 is 11.9 Å². The Morgan fingerprint density at radius 2 is 1.48 bits per heavy atom. The van der Waals surface area contributed by atoms with Gasteiger partial charge in [-0.25, -0.2) is 9.59 Å². The zero-order valence-electron chi connectivity index (χ0n) is 12.1. The van der Waals surface area contributed by atoms with Gasteiger partial charge < -0.3 is 10.2 Å². The highest BCUT2D eigenvalue weighted by atomic mass is 16.4. The lowest BCUT2D eigenvalue weighted by Gasteiger charge is -2.14. The van der Waals surface area contributed by atoms with Crippen LogP contribution < -0.4 is 0 Å². The minimum absolute atomic E-state index is 0.112. The molecule has 0 bridgehead atoms. The molecule has 0 saturated carbocycles. The first-order valence-corrected chi connectivity index (χ1v) is 6.50. The minimum atomic E-state index is -1.07. The highest BCUT2D eigenvalue weighted by molar-refractivity contribution is 6.03. The van der Waals surface area contributed by atoms with Crippen LogP contribution in [0.1, 0.15) is 37.4 Å². The standard InChI is InChI=1S/C17H16O4/c1-9-4-6-12(14(8-9)16(18)19)13-7-5-10(2)11(3)15(13)17(20)21/h4-8H,1-3H3,(H,18,19)(H,20,21). The van der Waals surface area contributed by atoms with Crippen LogP contribution in [0.15, 0.2) is 30.3 Å². The Morgan fingerprint density at radius 3 is 2.05 bits per heavy atom. The van der Waals surface area contributed by atoms with Gasteiger partial charge in [-0.2, -0.15) is 0 Å². The van der Waals surface area contributed by atoms with Gasteiger partial charge in [0.15, 0.2) is 0 Å². The average Bonchev–Trinajstić information content (AvgIpc) is 2.41. The molecule has 0 saturated heterocycles. The molecule has 0 aliphatic heterocycles. The average molecular weight is 284 g/mol. The highest BCUT2D eigenvalue weighted by Gasteiger charge is 2.20. The van der Waals surface area contributed by atoms with E-state index in [0.717, 1.165) is 11.1 Å². The van der Waals surface area contributed by atoms with E-state index in [9.17, 15) is 19.8 Å². The van der Waals surface area contributed by atoms with Crippen molar-refractivity contribution in [2.45, 2.75) is 20.8 Å².